The summed E-state index contributed by atoms with van der Waals surface area (Å²) in [6.45, 7) is 3.02. The molecule has 2 atom stereocenters. The molecule has 1 rings (SSSR count). The standard InChI is InChI=1S/C12H19NO4/c1-8(14)6-10-4-5-11(7-9(2)15)13(10)12(16)17-3/h10-11H,4-7H2,1-3H3. The summed E-state index contributed by atoms with van der Waals surface area (Å²) in [5, 5.41) is 0. The van der Waals surface area contributed by atoms with Crippen LogP contribution in [0.3, 0.4) is 0 Å². The number of hydrogen-bond acceptors (Lipinski definition) is 4. The van der Waals surface area contributed by atoms with Crippen LogP contribution in [0.4, 0.5) is 4.79 Å². The molecule has 96 valence electrons. The number of Topliss-reactive ketones (excluding diaryl/α,β-unsaturated/α-hetero) is 2. The maximum Gasteiger partial charge on any atom is 0.410 e. The van der Waals surface area contributed by atoms with Crippen molar-refractivity contribution in [2.24, 2.45) is 0 Å². The lowest BCUT2D eigenvalue weighted by Gasteiger charge is -2.28. The van der Waals surface area contributed by atoms with E-state index in [0.717, 1.165) is 12.8 Å². The lowest BCUT2D eigenvalue weighted by Crippen LogP contribution is -2.42. The zero-order valence-corrected chi connectivity index (χ0v) is 10.6. The van der Waals surface area contributed by atoms with E-state index in [1.165, 1.54) is 21.0 Å². The molecule has 1 heterocycles. The SMILES string of the molecule is COC(=O)N1C(CC(C)=O)CCC1CC(C)=O. The lowest BCUT2D eigenvalue weighted by atomic mass is 10.1. The number of ketones is 2. The fraction of sp³-hybridized carbons (Fsp3) is 0.750. The number of methoxy groups -OCH3 is 1. The van der Waals surface area contributed by atoms with Crippen LogP contribution in [-0.4, -0.2) is 41.8 Å². The molecule has 1 amide bonds. The largest absolute Gasteiger partial charge is 0.453 e. The summed E-state index contributed by atoms with van der Waals surface area (Å²) in [5.74, 6) is 0.0970. The van der Waals surface area contributed by atoms with E-state index in [2.05, 4.69) is 0 Å². The highest BCUT2D eigenvalue weighted by Crippen LogP contribution is 2.29. The van der Waals surface area contributed by atoms with Gasteiger partial charge in [-0.15, -0.1) is 0 Å². The number of carbonyl (C=O) groups excluding carboxylic acids is 3. The van der Waals surface area contributed by atoms with E-state index in [1.54, 1.807) is 4.90 Å². The Labute approximate surface area is 101 Å². The normalized spacial score (nSPS) is 23.6. The zero-order valence-electron chi connectivity index (χ0n) is 10.6. The summed E-state index contributed by atoms with van der Waals surface area (Å²) in [7, 11) is 1.32. The Hall–Kier alpha value is -1.39. The van der Waals surface area contributed by atoms with E-state index >= 15 is 0 Å². The van der Waals surface area contributed by atoms with E-state index in [0.29, 0.717) is 12.8 Å². The minimum atomic E-state index is -0.444. The summed E-state index contributed by atoms with van der Waals surface area (Å²) in [6, 6.07) is -0.242. The topological polar surface area (TPSA) is 63.7 Å². The number of nitrogens with zero attached hydrogens (tertiary/aromatic N) is 1. The van der Waals surface area contributed by atoms with Gasteiger partial charge < -0.3 is 9.64 Å². The second kappa shape index (κ2) is 5.80. The van der Waals surface area contributed by atoms with E-state index < -0.39 is 6.09 Å². The summed E-state index contributed by atoms with van der Waals surface area (Å²) < 4.78 is 4.72. The van der Waals surface area contributed by atoms with Gasteiger partial charge >= 0.3 is 6.09 Å². The number of carbonyl (C=O) groups is 3. The molecular formula is C12H19NO4. The molecule has 0 N–H and O–H groups in total. The van der Waals surface area contributed by atoms with Crippen molar-refractivity contribution < 1.29 is 19.1 Å². The quantitative estimate of drug-likeness (QED) is 0.749. The van der Waals surface area contributed by atoms with Gasteiger partial charge in [-0.3, -0.25) is 9.59 Å². The van der Waals surface area contributed by atoms with Crippen LogP contribution in [0.2, 0.25) is 0 Å². The molecule has 0 aromatic heterocycles. The van der Waals surface area contributed by atoms with Gasteiger partial charge in [0.05, 0.1) is 7.11 Å². The van der Waals surface area contributed by atoms with Crippen molar-refractivity contribution in [3.63, 3.8) is 0 Å². The molecule has 17 heavy (non-hydrogen) atoms. The minimum absolute atomic E-state index is 0.0485. The van der Waals surface area contributed by atoms with Gasteiger partial charge in [-0.1, -0.05) is 0 Å². The van der Waals surface area contributed by atoms with Gasteiger partial charge in [0, 0.05) is 24.9 Å². The molecule has 2 unspecified atom stereocenters. The van der Waals surface area contributed by atoms with E-state index in [4.69, 9.17) is 4.74 Å². The van der Waals surface area contributed by atoms with Gasteiger partial charge in [0.1, 0.15) is 11.6 Å². The van der Waals surface area contributed by atoms with Crippen molar-refractivity contribution in [2.75, 3.05) is 7.11 Å². The maximum atomic E-state index is 11.7. The Morgan fingerprint density at radius 2 is 1.47 bits per heavy atom. The first kappa shape index (κ1) is 13.7. The van der Waals surface area contributed by atoms with Gasteiger partial charge in [0.2, 0.25) is 0 Å². The van der Waals surface area contributed by atoms with Crippen molar-refractivity contribution in [1.29, 1.82) is 0 Å². The number of ether oxygens (including phenoxy) is 1. The van der Waals surface area contributed by atoms with Crippen LogP contribution in [0, 0.1) is 0 Å². The Morgan fingerprint density at radius 1 is 1.06 bits per heavy atom. The van der Waals surface area contributed by atoms with Crippen LogP contribution in [0.25, 0.3) is 0 Å². The predicted molar refractivity (Wildman–Crippen MR) is 61.7 cm³/mol. The third kappa shape index (κ3) is 3.54. The van der Waals surface area contributed by atoms with Crippen molar-refractivity contribution in [2.45, 2.75) is 51.6 Å². The van der Waals surface area contributed by atoms with E-state index in [9.17, 15) is 14.4 Å². The summed E-state index contributed by atoms with van der Waals surface area (Å²) in [4.78, 5) is 35.5. The molecule has 0 radical (unpaired) electrons. The third-order valence-electron chi connectivity index (χ3n) is 3.05. The Morgan fingerprint density at radius 3 is 1.76 bits per heavy atom. The highest BCUT2D eigenvalue weighted by molar-refractivity contribution is 5.79. The van der Waals surface area contributed by atoms with Crippen LogP contribution < -0.4 is 0 Å². The molecule has 1 aliphatic rings. The van der Waals surface area contributed by atoms with Crippen LogP contribution in [0.15, 0.2) is 0 Å². The third-order valence-corrected chi connectivity index (χ3v) is 3.05. The van der Waals surface area contributed by atoms with Crippen molar-refractivity contribution >= 4 is 17.7 Å². The summed E-state index contributed by atoms with van der Waals surface area (Å²) >= 11 is 0. The molecular weight excluding hydrogens is 222 g/mol. The van der Waals surface area contributed by atoms with Gasteiger partial charge in [-0.25, -0.2) is 4.79 Å². The monoisotopic (exact) mass is 241 g/mol. The molecule has 5 heteroatoms. The van der Waals surface area contributed by atoms with Crippen LogP contribution >= 0.6 is 0 Å². The molecule has 0 aromatic rings. The Kier molecular flexibility index (Phi) is 4.66. The van der Waals surface area contributed by atoms with Crippen LogP contribution in [-0.2, 0) is 14.3 Å². The average molecular weight is 241 g/mol. The number of rotatable bonds is 4. The number of likely N-dealkylation sites (tertiary alicyclic amines) is 1. The van der Waals surface area contributed by atoms with Crippen molar-refractivity contribution in [1.82, 2.24) is 4.90 Å². The highest BCUT2D eigenvalue weighted by Gasteiger charge is 2.38. The molecule has 0 saturated carbocycles. The summed E-state index contributed by atoms with van der Waals surface area (Å²) in [6.07, 6.45) is 1.74. The lowest BCUT2D eigenvalue weighted by molar-refractivity contribution is -0.117. The Balaban J connectivity index is 2.77. The second-order valence-corrected chi connectivity index (χ2v) is 4.57. The molecule has 5 nitrogen and oxygen atoms in total. The fourth-order valence-electron chi connectivity index (χ4n) is 2.43. The number of hydrogen-bond donors (Lipinski definition) is 0. The fourth-order valence-corrected chi connectivity index (χ4v) is 2.43. The van der Waals surface area contributed by atoms with Crippen LogP contribution in [0.5, 0.6) is 0 Å². The average Bonchev–Trinajstić information content (AvgIpc) is 2.58. The van der Waals surface area contributed by atoms with Gasteiger partial charge in [0.25, 0.3) is 0 Å². The smallest absolute Gasteiger partial charge is 0.410 e. The molecule has 0 aliphatic carbocycles. The zero-order chi connectivity index (χ0) is 13.0. The summed E-state index contributed by atoms with van der Waals surface area (Å²) in [5.41, 5.74) is 0. The highest BCUT2D eigenvalue weighted by atomic mass is 16.5. The first-order valence-electron chi connectivity index (χ1n) is 5.80. The molecule has 1 fully saturated rings. The molecule has 1 saturated heterocycles. The van der Waals surface area contributed by atoms with Gasteiger partial charge in [0.15, 0.2) is 0 Å². The number of amides is 1. The maximum absolute atomic E-state index is 11.7. The molecule has 0 spiro atoms. The predicted octanol–water partition coefficient (Wildman–Crippen LogP) is 1.54. The van der Waals surface area contributed by atoms with E-state index in [-0.39, 0.29) is 23.7 Å². The Bertz CT molecular complexity index is 302. The molecule has 1 aliphatic heterocycles. The van der Waals surface area contributed by atoms with E-state index in [1.807, 2.05) is 0 Å². The van der Waals surface area contributed by atoms with Crippen molar-refractivity contribution in [3.05, 3.63) is 0 Å². The van der Waals surface area contributed by atoms with Gasteiger partial charge in [-0.05, 0) is 26.7 Å². The first-order valence-corrected chi connectivity index (χ1v) is 5.80. The second-order valence-electron chi connectivity index (χ2n) is 4.57. The minimum Gasteiger partial charge on any atom is -0.453 e. The molecule has 0 aromatic carbocycles. The first-order chi connectivity index (χ1) is 7.95. The molecule has 0 bridgehead atoms. The van der Waals surface area contributed by atoms with Crippen LogP contribution in [0.1, 0.15) is 39.5 Å². The van der Waals surface area contributed by atoms with Crippen molar-refractivity contribution in [3.8, 4) is 0 Å². The van der Waals surface area contributed by atoms with Gasteiger partial charge in [-0.2, -0.15) is 0 Å².